The Morgan fingerprint density at radius 1 is 1.00 bits per heavy atom. The number of hydrogen-bond donors (Lipinski definition) is 0. The molecule has 2 aromatic rings. The van der Waals surface area contributed by atoms with Gasteiger partial charge in [0.1, 0.15) is 0 Å². The topological polar surface area (TPSA) is 66.9 Å². The van der Waals surface area contributed by atoms with Gasteiger partial charge in [-0.05, 0) is 56.5 Å². The number of hydrogen-bond acceptors (Lipinski definition) is 5. The van der Waals surface area contributed by atoms with E-state index in [2.05, 4.69) is 18.7 Å². The number of ether oxygens (including phenoxy) is 1. The molecule has 7 heteroatoms. The van der Waals surface area contributed by atoms with Gasteiger partial charge >= 0.3 is 0 Å². The van der Waals surface area contributed by atoms with Gasteiger partial charge in [-0.15, -0.1) is 0 Å². The number of carbonyl (C=O) groups excluding carboxylic acids is 1. The molecule has 0 radical (unpaired) electrons. The van der Waals surface area contributed by atoms with Crippen LogP contribution in [0.25, 0.3) is 0 Å². The van der Waals surface area contributed by atoms with E-state index in [0.29, 0.717) is 16.0 Å². The summed E-state index contributed by atoms with van der Waals surface area (Å²) in [5, 5.41) is 0. The van der Waals surface area contributed by atoms with Crippen molar-refractivity contribution in [2.24, 2.45) is 0 Å². The molecule has 0 spiro atoms. The minimum atomic E-state index is -3.41. The number of sulfone groups is 1. The normalized spacial score (nSPS) is 24.6. The van der Waals surface area contributed by atoms with Gasteiger partial charge in [0.25, 0.3) is 5.91 Å². The van der Waals surface area contributed by atoms with E-state index in [4.69, 9.17) is 4.74 Å². The molecule has 2 aromatic carbocycles. The van der Waals surface area contributed by atoms with Crippen molar-refractivity contribution < 1.29 is 17.9 Å². The molecule has 0 aromatic heterocycles. The van der Waals surface area contributed by atoms with Gasteiger partial charge in [-0.1, -0.05) is 30.3 Å². The molecule has 32 heavy (non-hydrogen) atoms. The molecule has 172 valence electrons. The number of likely N-dealkylation sites (tertiary alicyclic amines) is 1. The maximum atomic E-state index is 13.2. The summed E-state index contributed by atoms with van der Waals surface area (Å²) in [6, 6.07) is 15.7. The van der Waals surface area contributed by atoms with Crippen LogP contribution in [0.3, 0.4) is 0 Å². The van der Waals surface area contributed by atoms with Crippen molar-refractivity contribution in [3.63, 3.8) is 0 Å². The van der Waals surface area contributed by atoms with Crippen molar-refractivity contribution in [1.82, 2.24) is 9.80 Å². The van der Waals surface area contributed by atoms with Gasteiger partial charge in [0.15, 0.2) is 9.84 Å². The lowest BCUT2D eigenvalue weighted by atomic mass is 10.1. The summed E-state index contributed by atoms with van der Waals surface area (Å²) in [5.41, 5.74) is 1.29. The van der Waals surface area contributed by atoms with Gasteiger partial charge in [-0.25, -0.2) is 8.42 Å². The number of rotatable bonds is 6. The third-order valence-electron chi connectivity index (χ3n) is 6.26. The van der Waals surface area contributed by atoms with Crippen LogP contribution in [0, 0.1) is 0 Å². The molecule has 2 fully saturated rings. The Kier molecular flexibility index (Phi) is 6.98. The third-order valence-corrected chi connectivity index (χ3v) is 7.97. The van der Waals surface area contributed by atoms with Crippen LogP contribution >= 0.6 is 0 Å². The Balaban J connectivity index is 1.40. The van der Waals surface area contributed by atoms with Gasteiger partial charge in [-0.2, -0.15) is 0 Å². The predicted octanol–water partition coefficient (Wildman–Crippen LogP) is 3.37. The van der Waals surface area contributed by atoms with Crippen molar-refractivity contribution in [2.45, 2.75) is 55.6 Å². The van der Waals surface area contributed by atoms with Crippen molar-refractivity contribution in [1.29, 1.82) is 0 Å². The summed E-state index contributed by atoms with van der Waals surface area (Å²) in [6.07, 6.45) is 2.45. The van der Waals surface area contributed by atoms with E-state index in [1.807, 2.05) is 4.90 Å². The summed E-state index contributed by atoms with van der Waals surface area (Å²) >= 11 is 0. The van der Waals surface area contributed by atoms with Crippen molar-refractivity contribution in [3.8, 4) is 0 Å². The zero-order valence-electron chi connectivity index (χ0n) is 18.8. The summed E-state index contributed by atoms with van der Waals surface area (Å²) in [5.74, 6) is -0.0510. The molecular weight excluding hydrogens is 424 g/mol. The first-order chi connectivity index (χ1) is 15.3. The zero-order valence-corrected chi connectivity index (χ0v) is 19.6. The average molecular weight is 457 g/mol. The van der Waals surface area contributed by atoms with E-state index < -0.39 is 9.84 Å². The number of nitrogens with zero attached hydrogens (tertiary/aromatic N) is 2. The highest BCUT2D eigenvalue weighted by atomic mass is 32.2. The molecule has 6 nitrogen and oxygen atoms in total. The lowest BCUT2D eigenvalue weighted by Crippen LogP contribution is -2.50. The number of morpholine rings is 1. The Hall–Kier alpha value is -2.22. The SMILES string of the molecule is CC1CN(CC2CCCN2C(=O)c2ccc(CS(=O)(=O)c3ccccc3)cc2)CC(C)O1. The lowest BCUT2D eigenvalue weighted by Gasteiger charge is -2.38. The lowest BCUT2D eigenvalue weighted by molar-refractivity contribution is -0.0715. The van der Waals surface area contributed by atoms with Crippen LogP contribution in [0.5, 0.6) is 0 Å². The average Bonchev–Trinajstić information content (AvgIpc) is 3.21. The molecule has 4 rings (SSSR count). The molecule has 2 saturated heterocycles. The number of benzene rings is 2. The van der Waals surface area contributed by atoms with Crippen LogP contribution in [0.1, 0.15) is 42.6 Å². The molecule has 1 amide bonds. The smallest absolute Gasteiger partial charge is 0.254 e. The van der Waals surface area contributed by atoms with Crippen LogP contribution in [0.2, 0.25) is 0 Å². The van der Waals surface area contributed by atoms with Crippen molar-refractivity contribution in [2.75, 3.05) is 26.2 Å². The highest BCUT2D eigenvalue weighted by Crippen LogP contribution is 2.23. The Labute approximate surface area is 191 Å². The summed E-state index contributed by atoms with van der Waals surface area (Å²) < 4.78 is 31.1. The first-order valence-electron chi connectivity index (χ1n) is 11.4. The highest BCUT2D eigenvalue weighted by molar-refractivity contribution is 7.90. The zero-order chi connectivity index (χ0) is 22.7. The summed E-state index contributed by atoms with van der Waals surface area (Å²) in [7, 11) is -3.41. The molecule has 3 unspecified atom stereocenters. The van der Waals surface area contributed by atoms with Crippen molar-refractivity contribution in [3.05, 3.63) is 65.7 Å². The standard InChI is InChI=1S/C25H32N2O4S/c1-19-15-26(16-20(2)31-19)17-23-7-6-14-27(23)25(28)22-12-10-21(11-13-22)18-32(29,30)24-8-4-3-5-9-24/h3-5,8-13,19-20,23H,6-7,14-18H2,1-2H3. The summed E-state index contributed by atoms with van der Waals surface area (Å²) in [4.78, 5) is 17.9. The molecule has 0 saturated carbocycles. The Bertz CT molecular complexity index is 1010. The van der Waals surface area contributed by atoms with Gasteiger partial charge in [-0.3, -0.25) is 9.69 Å². The Morgan fingerprint density at radius 2 is 1.66 bits per heavy atom. The van der Waals surface area contributed by atoms with Gasteiger partial charge < -0.3 is 9.64 Å². The first kappa shape index (κ1) is 23.0. The highest BCUT2D eigenvalue weighted by Gasteiger charge is 2.33. The first-order valence-corrected chi connectivity index (χ1v) is 13.0. The largest absolute Gasteiger partial charge is 0.373 e. The van der Waals surface area contributed by atoms with Gasteiger partial charge in [0.2, 0.25) is 0 Å². The molecule has 0 aliphatic carbocycles. The minimum Gasteiger partial charge on any atom is -0.373 e. The van der Waals surface area contributed by atoms with Crippen LogP contribution < -0.4 is 0 Å². The van der Waals surface area contributed by atoms with E-state index in [1.165, 1.54) is 0 Å². The fraction of sp³-hybridized carbons (Fsp3) is 0.480. The molecule has 0 bridgehead atoms. The van der Waals surface area contributed by atoms with Crippen molar-refractivity contribution >= 4 is 15.7 Å². The van der Waals surface area contributed by atoms with Gasteiger partial charge in [0.05, 0.1) is 22.9 Å². The second-order valence-corrected chi connectivity index (χ2v) is 11.0. The molecule has 2 heterocycles. The summed E-state index contributed by atoms with van der Waals surface area (Å²) in [6.45, 7) is 7.63. The molecule has 2 aliphatic heterocycles. The number of carbonyl (C=O) groups is 1. The van der Waals surface area contributed by atoms with Crippen LogP contribution in [0.15, 0.2) is 59.5 Å². The predicted molar refractivity (Wildman–Crippen MR) is 124 cm³/mol. The molecular formula is C25H32N2O4S. The fourth-order valence-electron chi connectivity index (χ4n) is 4.86. The molecule has 0 N–H and O–H groups in total. The number of amides is 1. The van der Waals surface area contributed by atoms with E-state index in [-0.39, 0.29) is 29.9 Å². The second-order valence-electron chi connectivity index (χ2n) is 9.04. The van der Waals surface area contributed by atoms with Crippen LogP contribution in [-0.4, -0.2) is 68.6 Å². The second kappa shape index (κ2) is 9.73. The fourth-order valence-corrected chi connectivity index (χ4v) is 6.23. The van der Waals surface area contributed by atoms with Crippen LogP contribution in [0.4, 0.5) is 0 Å². The minimum absolute atomic E-state index is 0.0272. The molecule has 2 aliphatic rings. The Morgan fingerprint density at radius 3 is 2.31 bits per heavy atom. The van der Waals surface area contributed by atoms with Crippen LogP contribution in [-0.2, 0) is 20.3 Å². The maximum Gasteiger partial charge on any atom is 0.254 e. The monoisotopic (exact) mass is 456 g/mol. The molecule has 3 atom stereocenters. The third kappa shape index (κ3) is 5.39. The van der Waals surface area contributed by atoms with E-state index in [0.717, 1.165) is 39.0 Å². The quantitative estimate of drug-likeness (QED) is 0.667. The van der Waals surface area contributed by atoms with E-state index in [9.17, 15) is 13.2 Å². The maximum absolute atomic E-state index is 13.2. The van der Waals surface area contributed by atoms with E-state index >= 15 is 0 Å². The van der Waals surface area contributed by atoms with Gasteiger partial charge in [0, 0.05) is 37.8 Å². The van der Waals surface area contributed by atoms with E-state index in [1.54, 1.807) is 54.6 Å².